The summed E-state index contributed by atoms with van der Waals surface area (Å²) >= 11 is 1.66. The van der Waals surface area contributed by atoms with Gasteiger partial charge in [0, 0.05) is 31.3 Å². The summed E-state index contributed by atoms with van der Waals surface area (Å²) in [6, 6.07) is 8.23. The lowest BCUT2D eigenvalue weighted by molar-refractivity contribution is 0.274. The van der Waals surface area contributed by atoms with E-state index in [1.54, 1.807) is 11.3 Å². The molecule has 0 bridgehead atoms. The zero-order valence-electron chi connectivity index (χ0n) is 13.4. The van der Waals surface area contributed by atoms with E-state index < -0.39 is 0 Å². The summed E-state index contributed by atoms with van der Waals surface area (Å²) < 4.78 is 1.83. The minimum atomic E-state index is -0.0558. The van der Waals surface area contributed by atoms with Crippen LogP contribution in [-0.4, -0.2) is 33.8 Å². The van der Waals surface area contributed by atoms with Crippen LogP contribution >= 0.6 is 11.3 Å². The fraction of sp³-hybridized carbons (Fsp3) is 0.412. The van der Waals surface area contributed by atoms with Crippen molar-refractivity contribution in [1.29, 1.82) is 0 Å². The fourth-order valence-corrected chi connectivity index (χ4v) is 4.00. The first-order valence-electron chi connectivity index (χ1n) is 7.94. The number of benzene rings is 1. The number of imidazole rings is 1. The maximum Gasteiger partial charge on any atom is 0.213 e. The molecule has 1 N–H and O–H groups in total. The molecule has 23 heavy (non-hydrogen) atoms. The van der Waals surface area contributed by atoms with Gasteiger partial charge in [0.2, 0.25) is 4.96 Å². The highest BCUT2D eigenvalue weighted by Crippen LogP contribution is 2.39. The quantitative estimate of drug-likeness (QED) is 0.798. The van der Waals surface area contributed by atoms with Gasteiger partial charge in [-0.25, -0.2) is 9.50 Å². The molecular formula is C17H20N4OS. The van der Waals surface area contributed by atoms with Crippen LogP contribution in [0.4, 0.5) is 5.69 Å². The number of hydrogen-bond donors (Lipinski definition) is 1. The first-order valence-corrected chi connectivity index (χ1v) is 8.76. The van der Waals surface area contributed by atoms with Gasteiger partial charge >= 0.3 is 0 Å². The van der Waals surface area contributed by atoms with Crippen molar-refractivity contribution in [3.8, 4) is 11.3 Å². The monoisotopic (exact) mass is 328 g/mol. The Morgan fingerprint density at radius 2 is 2.00 bits per heavy atom. The molecule has 120 valence electrons. The van der Waals surface area contributed by atoms with Crippen molar-refractivity contribution >= 4 is 22.0 Å². The molecule has 0 unspecified atom stereocenters. The Balaban J connectivity index is 1.75. The molecule has 6 heteroatoms. The molecule has 0 spiro atoms. The highest BCUT2D eigenvalue weighted by Gasteiger charge is 2.25. The largest absolute Gasteiger partial charge is 0.390 e. The lowest BCUT2D eigenvalue weighted by atomic mass is 9.86. The van der Waals surface area contributed by atoms with Crippen LogP contribution in [0, 0.1) is 0 Å². The van der Waals surface area contributed by atoms with Crippen LogP contribution in [0.25, 0.3) is 16.2 Å². The van der Waals surface area contributed by atoms with Gasteiger partial charge in [0.15, 0.2) is 0 Å². The SMILES string of the molecule is CN(C)c1ccc(-c2nc3sc(C4CCC4)nn3c2CO)cc1. The van der Waals surface area contributed by atoms with Crippen molar-refractivity contribution in [2.24, 2.45) is 0 Å². The molecule has 1 aliphatic carbocycles. The Labute approximate surface area is 139 Å². The normalized spacial score (nSPS) is 15.1. The predicted molar refractivity (Wildman–Crippen MR) is 93.1 cm³/mol. The molecule has 1 aromatic carbocycles. The Kier molecular flexibility index (Phi) is 3.58. The predicted octanol–water partition coefficient (Wildman–Crippen LogP) is 3.28. The molecular weight excluding hydrogens is 308 g/mol. The number of hydrogen-bond acceptors (Lipinski definition) is 5. The number of nitrogens with zero attached hydrogens (tertiary/aromatic N) is 4. The van der Waals surface area contributed by atoms with Crippen molar-refractivity contribution in [2.45, 2.75) is 31.8 Å². The van der Waals surface area contributed by atoms with Gasteiger partial charge in [-0.05, 0) is 25.0 Å². The van der Waals surface area contributed by atoms with E-state index >= 15 is 0 Å². The summed E-state index contributed by atoms with van der Waals surface area (Å²) in [7, 11) is 4.04. The van der Waals surface area contributed by atoms with Gasteiger partial charge in [-0.15, -0.1) is 0 Å². The number of rotatable bonds is 4. The van der Waals surface area contributed by atoms with E-state index in [0.717, 1.165) is 32.6 Å². The lowest BCUT2D eigenvalue weighted by Gasteiger charge is -2.21. The molecule has 1 saturated carbocycles. The van der Waals surface area contributed by atoms with Gasteiger partial charge in [-0.2, -0.15) is 5.10 Å². The minimum absolute atomic E-state index is 0.0558. The summed E-state index contributed by atoms with van der Waals surface area (Å²) in [5, 5.41) is 15.7. The van der Waals surface area contributed by atoms with Crippen LogP contribution in [0.15, 0.2) is 24.3 Å². The molecule has 1 aliphatic rings. The second-order valence-electron chi connectivity index (χ2n) is 6.27. The molecule has 0 atom stereocenters. The first kappa shape index (κ1) is 14.7. The summed E-state index contributed by atoms with van der Waals surface area (Å²) in [4.78, 5) is 7.68. The average molecular weight is 328 g/mol. The van der Waals surface area contributed by atoms with Crippen LogP contribution in [0.5, 0.6) is 0 Å². The summed E-state index contributed by atoms with van der Waals surface area (Å²) in [5.41, 5.74) is 3.77. The number of anilines is 1. The zero-order valence-corrected chi connectivity index (χ0v) is 14.2. The van der Waals surface area contributed by atoms with Gasteiger partial charge in [0.25, 0.3) is 0 Å². The molecule has 2 aromatic heterocycles. The minimum Gasteiger partial charge on any atom is -0.390 e. The van der Waals surface area contributed by atoms with E-state index in [0.29, 0.717) is 5.92 Å². The molecule has 5 nitrogen and oxygen atoms in total. The Morgan fingerprint density at radius 3 is 2.57 bits per heavy atom. The van der Waals surface area contributed by atoms with E-state index in [9.17, 15) is 5.11 Å². The Bertz CT molecular complexity index is 830. The third-order valence-corrected chi connectivity index (χ3v) is 5.64. The van der Waals surface area contributed by atoms with Crippen LogP contribution in [0.2, 0.25) is 0 Å². The highest BCUT2D eigenvalue weighted by atomic mass is 32.1. The molecule has 0 radical (unpaired) electrons. The molecule has 4 rings (SSSR count). The summed E-state index contributed by atoms with van der Waals surface area (Å²) in [5.74, 6) is 0.594. The van der Waals surface area contributed by atoms with Crippen molar-refractivity contribution in [3.05, 3.63) is 35.0 Å². The standard InChI is InChI=1S/C17H20N4OS/c1-20(2)13-8-6-11(7-9-13)15-14(10-22)21-17(18-15)23-16(19-21)12-4-3-5-12/h6-9,12,22H,3-5,10H2,1-2H3. The summed E-state index contributed by atoms with van der Waals surface area (Å²) in [6.45, 7) is -0.0558. The third-order valence-electron chi connectivity index (χ3n) is 4.57. The molecule has 3 aromatic rings. The molecule has 0 aliphatic heterocycles. The Morgan fingerprint density at radius 1 is 1.26 bits per heavy atom. The topological polar surface area (TPSA) is 53.7 Å². The average Bonchev–Trinajstić information content (AvgIpc) is 3.02. The molecule has 2 heterocycles. The van der Waals surface area contributed by atoms with Gasteiger partial charge in [-0.3, -0.25) is 0 Å². The molecule has 0 saturated heterocycles. The third kappa shape index (κ3) is 2.42. The smallest absolute Gasteiger partial charge is 0.213 e. The van der Waals surface area contributed by atoms with Gasteiger partial charge in [0.05, 0.1) is 18.0 Å². The van der Waals surface area contributed by atoms with Crippen molar-refractivity contribution < 1.29 is 5.11 Å². The van der Waals surface area contributed by atoms with E-state index in [-0.39, 0.29) is 6.61 Å². The zero-order chi connectivity index (χ0) is 16.0. The van der Waals surface area contributed by atoms with E-state index in [2.05, 4.69) is 17.0 Å². The highest BCUT2D eigenvalue weighted by molar-refractivity contribution is 7.16. The maximum atomic E-state index is 9.82. The summed E-state index contributed by atoms with van der Waals surface area (Å²) in [6.07, 6.45) is 3.75. The van der Waals surface area contributed by atoms with E-state index in [1.807, 2.05) is 30.7 Å². The fourth-order valence-electron chi connectivity index (χ4n) is 2.92. The van der Waals surface area contributed by atoms with Crippen LogP contribution in [0.1, 0.15) is 35.9 Å². The molecule has 0 amide bonds. The number of aliphatic hydroxyl groups is 1. The van der Waals surface area contributed by atoms with Gasteiger partial charge in [0.1, 0.15) is 5.01 Å². The second kappa shape index (κ2) is 5.62. The number of aliphatic hydroxyl groups excluding tert-OH is 1. The lowest BCUT2D eigenvalue weighted by Crippen LogP contribution is -2.09. The van der Waals surface area contributed by atoms with Crippen molar-refractivity contribution in [1.82, 2.24) is 14.6 Å². The van der Waals surface area contributed by atoms with E-state index in [4.69, 9.17) is 10.1 Å². The van der Waals surface area contributed by atoms with Crippen LogP contribution in [-0.2, 0) is 6.61 Å². The van der Waals surface area contributed by atoms with Gasteiger partial charge < -0.3 is 10.0 Å². The molecule has 1 fully saturated rings. The van der Waals surface area contributed by atoms with Gasteiger partial charge in [-0.1, -0.05) is 29.9 Å². The number of aromatic nitrogens is 3. The first-order chi connectivity index (χ1) is 11.2. The van der Waals surface area contributed by atoms with E-state index in [1.165, 1.54) is 19.3 Å². The van der Waals surface area contributed by atoms with Crippen molar-refractivity contribution in [2.75, 3.05) is 19.0 Å². The van der Waals surface area contributed by atoms with Crippen LogP contribution in [0.3, 0.4) is 0 Å². The van der Waals surface area contributed by atoms with Crippen molar-refractivity contribution in [3.63, 3.8) is 0 Å². The second-order valence-corrected chi connectivity index (χ2v) is 7.26. The number of fused-ring (bicyclic) bond motifs is 1. The maximum absolute atomic E-state index is 9.82. The Hall–Kier alpha value is -1.92. The van der Waals surface area contributed by atoms with Crippen LogP contribution < -0.4 is 4.90 Å².